The van der Waals surface area contributed by atoms with Crippen LogP contribution in [0.3, 0.4) is 0 Å². The molecule has 0 saturated carbocycles. The maximum Gasteiger partial charge on any atom is 0.338 e. The van der Waals surface area contributed by atoms with Crippen LogP contribution in [0, 0.1) is 0 Å². The third-order valence-corrected chi connectivity index (χ3v) is 8.36. The molecule has 0 amide bonds. The first kappa shape index (κ1) is 33.3. The van der Waals surface area contributed by atoms with E-state index >= 15 is 4.39 Å². The minimum Gasteiger partial charge on any atom is -0.497 e. The number of alkyl halides is 1. The van der Waals surface area contributed by atoms with Gasteiger partial charge in [0, 0.05) is 12.3 Å². The van der Waals surface area contributed by atoms with Gasteiger partial charge in [-0.2, -0.15) is 0 Å². The molecule has 2 N–H and O–H groups in total. The first-order chi connectivity index (χ1) is 23.7. The summed E-state index contributed by atoms with van der Waals surface area (Å²) in [6.45, 7) is -1.02. The summed E-state index contributed by atoms with van der Waals surface area (Å²) in [6, 6.07) is 31.8. The zero-order chi connectivity index (χ0) is 34.6. The molecule has 0 unspecified atom stereocenters. The summed E-state index contributed by atoms with van der Waals surface area (Å²) >= 11 is 0. The van der Waals surface area contributed by atoms with Gasteiger partial charge in [0.1, 0.15) is 23.2 Å². The number of benzene rings is 4. The van der Waals surface area contributed by atoms with E-state index in [1.165, 1.54) is 26.4 Å². The van der Waals surface area contributed by atoms with Crippen molar-refractivity contribution in [2.75, 3.05) is 20.8 Å². The van der Waals surface area contributed by atoms with Crippen LogP contribution in [-0.2, 0) is 19.8 Å². The van der Waals surface area contributed by atoms with Gasteiger partial charge in [0.2, 0.25) is 0 Å². The van der Waals surface area contributed by atoms with Crippen molar-refractivity contribution in [2.45, 2.75) is 29.9 Å². The van der Waals surface area contributed by atoms with Gasteiger partial charge in [-0.25, -0.2) is 14.0 Å². The Balaban J connectivity index is 1.52. The van der Waals surface area contributed by atoms with E-state index in [0.29, 0.717) is 28.2 Å². The van der Waals surface area contributed by atoms with Crippen LogP contribution < -0.4 is 20.7 Å². The molecule has 12 heteroatoms. The van der Waals surface area contributed by atoms with Crippen LogP contribution in [0.1, 0.15) is 33.3 Å². The predicted molar refractivity (Wildman–Crippen MR) is 175 cm³/mol. The number of aromatic nitrogens is 2. The molecule has 1 fully saturated rings. The fourth-order valence-corrected chi connectivity index (χ4v) is 5.91. The minimum atomic E-state index is -3.02. The highest BCUT2D eigenvalue weighted by Gasteiger charge is 2.61. The standard InChI is InChI=1S/C37H33FN2O9/c1-45-28-17-13-26(14-18-28)37(25-11-7-4-8-12-25,27-15-19-29(46-2)20-16-27)48-32-31(42)33(40-22-21-30(41)39-35(40)44)49-36(32,38)23-47-34(43)24-9-5-3-6-10-24/h3-22,31-33,42H,23H2,1-2H3,(H,39,41,44)/t31-,32-,33+,36-/m0/s1. The van der Waals surface area contributed by atoms with E-state index in [2.05, 4.69) is 4.98 Å². The van der Waals surface area contributed by atoms with Crippen molar-refractivity contribution in [3.8, 4) is 11.5 Å². The molecule has 2 heterocycles. The highest BCUT2D eigenvalue weighted by Crippen LogP contribution is 2.48. The van der Waals surface area contributed by atoms with E-state index in [1.54, 1.807) is 91.0 Å². The molecule has 0 radical (unpaired) electrons. The molecular formula is C37H33FN2O9. The molecule has 1 aromatic heterocycles. The summed E-state index contributed by atoms with van der Waals surface area (Å²) in [5.74, 6) is -2.77. The first-order valence-electron chi connectivity index (χ1n) is 15.3. The van der Waals surface area contributed by atoms with Gasteiger partial charge in [-0.3, -0.25) is 14.3 Å². The van der Waals surface area contributed by atoms with Gasteiger partial charge in [0.15, 0.2) is 18.9 Å². The molecule has 252 valence electrons. The molecule has 1 aliphatic heterocycles. The molecule has 1 saturated heterocycles. The maximum absolute atomic E-state index is 17.6. The third kappa shape index (κ3) is 6.49. The van der Waals surface area contributed by atoms with Crippen LogP contribution in [0.2, 0.25) is 0 Å². The summed E-state index contributed by atoms with van der Waals surface area (Å²) in [4.78, 5) is 39.8. The SMILES string of the molecule is COc1ccc(C(O[C@H]2[C@H](O)[C@H](n3ccc(=O)[nH]c3=O)O[C@@]2(F)COC(=O)c2ccccc2)(c2ccccc2)c2ccc(OC)cc2)cc1. The molecule has 4 atom stereocenters. The van der Waals surface area contributed by atoms with Gasteiger partial charge in [-0.15, -0.1) is 0 Å². The second-order valence-electron chi connectivity index (χ2n) is 11.3. The number of methoxy groups -OCH3 is 2. The quantitative estimate of drug-likeness (QED) is 0.156. The van der Waals surface area contributed by atoms with Crippen LogP contribution in [0.4, 0.5) is 4.39 Å². The van der Waals surface area contributed by atoms with E-state index in [0.717, 1.165) is 16.8 Å². The molecule has 6 rings (SSSR count). The van der Waals surface area contributed by atoms with E-state index in [4.69, 9.17) is 23.7 Å². The van der Waals surface area contributed by atoms with Crippen molar-refractivity contribution in [2.24, 2.45) is 0 Å². The Morgan fingerprint density at radius 2 is 1.37 bits per heavy atom. The van der Waals surface area contributed by atoms with E-state index < -0.39 is 53.7 Å². The smallest absolute Gasteiger partial charge is 0.338 e. The number of nitrogens with zero attached hydrogens (tertiary/aromatic N) is 1. The highest BCUT2D eigenvalue weighted by molar-refractivity contribution is 5.89. The van der Waals surface area contributed by atoms with Crippen LogP contribution in [-0.4, -0.2) is 59.5 Å². The Bertz CT molecular complexity index is 1950. The molecule has 0 spiro atoms. The maximum atomic E-state index is 17.6. The van der Waals surface area contributed by atoms with Crippen LogP contribution in [0.5, 0.6) is 11.5 Å². The van der Waals surface area contributed by atoms with Crippen molar-refractivity contribution in [3.63, 3.8) is 0 Å². The van der Waals surface area contributed by atoms with Gasteiger partial charge in [-0.1, -0.05) is 72.8 Å². The number of carbonyl (C=O) groups excluding carboxylic acids is 1. The zero-order valence-corrected chi connectivity index (χ0v) is 26.5. The number of rotatable bonds is 11. The van der Waals surface area contributed by atoms with E-state index in [1.807, 2.05) is 6.07 Å². The number of esters is 1. The lowest BCUT2D eigenvalue weighted by Crippen LogP contribution is -2.50. The number of nitrogens with one attached hydrogen (secondary N) is 1. The summed E-state index contributed by atoms with van der Waals surface area (Å²) in [7, 11) is 3.05. The van der Waals surface area contributed by atoms with Crippen molar-refractivity contribution in [1.82, 2.24) is 9.55 Å². The van der Waals surface area contributed by atoms with Gasteiger partial charge in [0.25, 0.3) is 11.4 Å². The van der Waals surface area contributed by atoms with Gasteiger partial charge in [-0.05, 0) is 53.1 Å². The van der Waals surface area contributed by atoms with Gasteiger partial charge < -0.3 is 28.8 Å². The molecule has 49 heavy (non-hydrogen) atoms. The normalized spacial score (nSPS) is 20.4. The lowest BCUT2D eigenvalue weighted by molar-refractivity contribution is -0.232. The average Bonchev–Trinajstić information content (AvgIpc) is 3.38. The Morgan fingerprint density at radius 3 is 1.90 bits per heavy atom. The van der Waals surface area contributed by atoms with Crippen molar-refractivity contribution < 1.29 is 38.0 Å². The second-order valence-corrected chi connectivity index (χ2v) is 11.3. The topological polar surface area (TPSA) is 138 Å². The lowest BCUT2D eigenvalue weighted by Gasteiger charge is -2.40. The van der Waals surface area contributed by atoms with E-state index in [9.17, 15) is 19.5 Å². The van der Waals surface area contributed by atoms with Crippen LogP contribution in [0.15, 0.2) is 131 Å². The van der Waals surface area contributed by atoms with Gasteiger partial charge >= 0.3 is 11.7 Å². The molecule has 1 aliphatic rings. The zero-order valence-electron chi connectivity index (χ0n) is 26.5. The number of aromatic amines is 1. The number of hydrogen-bond acceptors (Lipinski definition) is 9. The second kappa shape index (κ2) is 13.9. The number of ether oxygens (including phenoxy) is 5. The average molecular weight is 669 g/mol. The fraction of sp³-hybridized carbons (Fsp3) is 0.216. The lowest BCUT2D eigenvalue weighted by atomic mass is 9.79. The summed E-state index contributed by atoms with van der Waals surface area (Å²) in [6.07, 6.45) is -4.39. The molecule has 11 nitrogen and oxygen atoms in total. The highest BCUT2D eigenvalue weighted by atomic mass is 19.2. The number of carbonyl (C=O) groups is 1. The minimum absolute atomic E-state index is 0.158. The van der Waals surface area contributed by atoms with Crippen molar-refractivity contribution >= 4 is 5.97 Å². The fourth-order valence-electron chi connectivity index (χ4n) is 5.91. The van der Waals surface area contributed by atoms with Crippen LogP contribution in [0.25, 0.3) is 0 Å². The molecular weight excluding hydrogens is 635 g/mol. The first-order valence-corrected chi connectivity index (χ1v) is 15.3. The van der Waals surface area contributed by atoms with Crippen molar-refractivity contribution in [1.29, 1.82) is 0 Å². The third-order valence-electron chi connectivity index (χ3n) is 8.36. The Labute approximate surface area is 280 Å². The number of hydrogen-bond donors (Lipinski definition) is 2. The van der Waals surface area contributed by atoms with Gasteiger partial charge in [0.05, 0.1) is 19.8 Å². The largest absolute Gasteiger partial charge is 0.497 e. The van der Waals surface area contributed by atoms with E-state index in [-0.39, 0.29) is 5.56 Å². The molecule has 5 aromatic rings. The Hall–Kier alpha value is -5.56. The number of aliphatic hydroxyl groups excluding tert-OH is 1. The summed E-state index contributed by atoms with van der Waals surface area (Å²) in [5.41, 5.74) is -1.56. The van der Waals surface area contributed by atoms with Crippen molar-refractivity contribution in [3.05, 3.63) is 165 Å². The molecule has 4 aromatic carbocycles. The number of halogens is 1. The number of H-pyrrole nitrogens is 1. The molecule has 0 bridgehead atoms. The van der Waals surface area contributed by atoms with Crippen LogP contribution >= 0.6 is 0 Å². The monoisotopic (exact) mass is 668 g/mol. The molecule has 0 aliphatic carbocycles. The Morgan fingerprint density at radius 1 is 0.837 bits per heavy atom. The summed E-state index contributed by atoms with van der Waals surface area (Å²) < 4.78 is 47.3. The predicted octanol–water partition coefficient (Wildman–Crippen LogP) is 4.34. The Kier molecular flexibility index (Phi) is 9.45. The number of aliphatic hydroxyl groups is 1. The summed E-state index contributed by atoms with van der Waals surface area (Å²) in [5, 5.41) is 11.9.